The minimum atomic E-state index is -3.70. The lowest BCUT2D eigenvalue weighted by Gasteiger charge is -2.31. The van der Waals surface area contributed by atoms with Crippen molar-refractivity contribution in [1.29, 1.82) is 0 Å². The van der Waals surface area contributed by atoms with Crippen molar-refractivity contribution >= 4 is 21.8 Å². The molecule has 0 spiro atoms. The van der Waals surface area contributed by atoms with Gasteiger partial charge in [0.2, 0.25) is 16.0 Å². The fourth-order valence-corrected chi connectivity index (χ4v) is 5.17. The van der Waals surface area contributed by atoms with Crippen LogP contribution in [-0.4, -0.2) is 40.8 Å². The van der Waals surface area contributed by atoms with E-state index in [2.05, 4.69) is 20.3 Å². The SMILES string of the molecule is Cc1cc(S(=O)(=O)N2CCCC(c3cccc(Nc4ncccn4)n3)C2)ccc1F. The van der Waals surface area contributed by atoms with Crippen molar-refractivity contribution in [2.45, 2.75) is 30.6 Å². The Morgan fingerprint density at radius 1 is 1.13 bits per heavy atom. The van der Waals surface area contributed by atoms with Crippen molar-refractivity contribution in [2.24, 2.45) is 0 Å². The minimum absolute atomic E-state index is 0.0338. The Morgan fingerprint density at radius 2 is 1.93 bits per heavy atom. The number of halogens is 1. The molecule has 1 saturated heterocycles. The van der Waals surface area contributed by atoms with Crippen LogP contribution in [0.3, 0.4) is 0 Å². The Morgan fingerprint density at radius 3 is 2.70 bits per heavy atom. The van der Waals surface area contributed by atoms with Gasteiger partial charge in [0.05, 0.1) is 4.90 Å². The molecular formula is C21H22FN5O2S. The number of piperidine rings is 1. The molecule has 1 fully saturated rings. The van der Waals surface area contributed by atoms with Gasteiger partial charge in [0.15, 0.2) is 0 Å². The number of anilines is 2. The van der Waals surface area contributed by atoms with E-state index in [1.165, 1.54) is 22.5 Å². The highest BCUT2D eigenvalue weighted by Gasteiger charge is 2.31. The third-order valence-electron chi connectivity index (χ3n) is 5.15. The van der Waals surface area contributed by atoms with Crippen molar-refractivity contribution < 1.29 is 12.8 Å². The number of pyridine rings is 1. The van der Waals surface area contributed by atoms with Crippen LogP contribution in [0.5, 0.6) is 0 Å². The van der Waals surface area contributed by atoms with Gasteiger partial charge < -0.3 is 5.32 Å². The normalized spacial score (nSPS) is 17.6. The van der Waals surface area contributed by atoms with Crippen LogP contribution < -0.4 is 5.32 Å². The van der Waals surface area contributed by atoms with Crippen LogP contribution in [0, 0.1) is 12.7 Å². The number of benzene rings is 1. The number of nitrogens with one attached hydrogen (secondary N) is 1. The molecule has 3 heterocycles. The predicted molar refractivity (Wildman–Crippen MR) is 111 cm³/mol. The summed E-state index contributed by atoms with van der Waals surface area (Å²) in [5.41, 5.74) is 1.12. The van der Waals surface area contributed by atoms with Gasteiger partial charge in [-0.05, 0) is 61.7 Å². The Bertz CT molecular complexity index is 1140. The number of rotatable bonds is 5. The molecule has 0 radical (unpaired) electrons. The van der Waals surface area contributed by atoms with E-state index in [0.717, 1.165) is 18.5 Å². The molecule has 0 bridgehead atoms. The molecule has 4 rings (SSSR count). The molecule has 1 aliphatic rings. The molecule has 2 aromatic heterocycles. The second kappa shape index (κ2) is 8.45. The summed E-state index contributed by atoms with van der Waals surface area (Å²) in [7, 11) is -3.70. The zero-order valence-corrected chi connectivity index (χ0v) is 17.3. The van der Waals surface area contributed by atoms with Crippen LogP contribution in [0.25, 0.3) is 0 Å². The van der Waals surface area contributed by atoms with Crippen LogP contribution in [0.2, 0.25) is 0 Å². The zero-order valence-electron chi connectivity index (χ0n) is 16.5. The molecule has 1 aliphatic heterocycles. The number of hydrogen-bond acceptors (Lipinski definition) is 6. The first-order valence-corrected chi connectivity index (χ1v) is 11.1. The number of nitrogens with zero attached hydrogens (tertiary/aromatic N) is 4. The molecule has 0 saturated carbocycles. The van der Waals surface area contributed by atoms with E-state index in [0.29, 0.717) is 30.4 Å². The summed E-state index contributed by atoms with van der Waals surface area (Å²) in [5.74, 6) is 0.601. The fourth-order valence-electron chi connectivity index (χ4n) is 3.56. The van der Waals surface area contributed by atoms with Gasteiger partial charge in [-0.15, -0.1) is 0 Å². The van der Waals surface area contributed by atoms with E-state index < -0.39 is 15.8 Å². The minimum Gasteiger partial charge on any atom is -0.309 e. The molecule has 1 N–H and O–H groups in total. The Kier molecular flexibility index (Phi) is 5.74. The van der Waals surface area contributed by atoms with Gasteiger partial charge >= 0.3 is 0 Å². The summed E-state index contributed by atoms with van der Waals surface area (Å²) >= 11 is 0. The summed E-state index contributed by atoms with van der Waals surface area (Å²) in [4.78, 5) is 13.0. The van der Waals surface area contributed by atoms with Gasteiger partial charge in [0, 0.05) is 37.1 Å². The lowest BCUT2D eigenvalue weighted by atomic mass is 9.96. The van der Waals surface area contributed by atoms with Gasteiger partial charge in [-0.25, -0.2) is 27.8 Å². The molecule has 3 aromatic rings. The lowest BCUT2D eigenvalue weighted by Crippen LogP contribution is -2.39. The fraction of sp³-hybridized carbons (Fsp3) is 0.286. The van der Waals surface area contributed by atoms with Crippen LogP contribution in [0.15, 0.2) is 59.8 Å². The van der Waals surface area contributed by atoms with Gasteiger partial charge in [0.25, 0.3) is 0 Å². The Balaban J connectivity index is 1.54. The molecule has 0 aliphatic carbocycles. The summed E-state index contributed by atoms with van der Waals surface area (Å²) in [6.45, 7) is 2.33. The second-order valence-corrected chi connectivity index (χ2v) is 9.20. The maximum atomic E-state index is 13.6. The van der Waals surface area contributed by atoms with Crippen LogP contribution >= 0.6 is 0 Å². The Hall–Kier alpha value is -2.91. The van der Waals surface area contributed by atoms with Gasteiger partial charge in [0.1, 0.15) is 11.6 Å². The van der Waals surface area contributed by atoms with Crippen LogP contribution in [-0.2, 0) is 10.0 Å². The summed E-state index contributed by atoms with van der Waals surface area (Å²) in [6, 6.07) is 11.2. The molecule has 156 valence electrons. The maximum absolute atomic E-state index is 13.6. The highest BCUT2D eigenvalue weighted by atomic mass is 32.2. The quantitative estimate of drug-likeness (QED) is 0.669. The zero-order chi connectivity index (χ0) is 21.1. The van der Waals surface area contributed by atoms with Crippen molar-refractivity contribution in [3.8, 4) is 0 Å². The molecule has 1 unspecified atom stereocenters. The summed E-state index contributed by atoms with van der Waals surface area (Å²) in [6.07, 6.45) is 4.85. The van der Waals surface area contributed by atoms with Gasteiger partial charge in [-0.2, -0.15) is 4.31 Å². The summed E-state index contributed by atoms with van der Waals surface area (Å²) in [5, 5.41) is 3.06. The van der Waals surface area contributed by atoms with E-state index in [9.17, 15) is 12.8 Å². The number of aryl methyl sites for hydroxylation is 1. The number of hydrogen-bond donors (Lipinski definition) is 1. The number of aromatic nitrogens is 3. The molecule has 9 heteroatoms. The third kappa shape index (κ3) is 4.31. The van der Waals surface area contributed by atoms with Crippen molar-refractivity contribution in [3.05, 3.63) is 71.9 Å². The average molecular weight is 428 g/mol. The molecule has 1 aromatic carbocycles. The monoisotopic (exact) mass is 427 g/mol. The number of sulfonamides is 1. The summed E-state index contributed by atoms with van der Waals surface area (Å²) < 4.78 is 41.2. The highest BCUT2D eigenvalue weighted by molar-refractivity contribution is 7.89. The topological polar surface area (TPSA) is 88.1 Å². The van der Waals surface area contributed by atoms with E-state index in [-0.39, 0.29) is 10.8 Å². The molecule has 1 atom stereocenters. The molecule has 30 heavy (non-hydrogen) atoms. The Labute approximate surface area is 175 Å². The maximum Gasteiger partial charge on any atom is 0.243 e. The van der Waals surface area contributed by atoms with E-state index in [1.54, 1.807) is 25.4 Å². The van der Waals surface area contributed by atoms with E-state index >= 15 is 0 Å². The van der Waals surface area contributed by atoms with E-state index in [1.807, 2.05) is 18.2 Å². The lowest BCUT2D eigenvalue weighted by molar-refractivity contribution is 0.312. The average Bonchev–Trinajstić information content (AvgIpc) is 2.76. The molecular weight excluding hydrogens is 405 g/mol. The van der Waals surface area contributed by atoms with Crippen LogP contribution in [0.4, 0.5) is 16.2 Å². The first-order chi connectivity index (χ1) is 14.4. The third-order valence-corrected chi connectivity index (χ3v) is 7.01. The molecule has 7 nitrogen and oxygen atoms in total. The second-order valence-electron chi connectivity index (χ2n) is 7.26. The first kappa shape index (κ1) is 20.4. The van der Waals surface area contributed by atoms with Gasteiger partial charge in [-0.1, -0.05) is 6.07 Å². The largest absolute Gasteiger partial charge is 0.309 e. The van der Waals surface area contributed by atoms with Gasteiger partial charge in [-0.3, -0.25) is 0 Å². The van der Waals surface area contributed by atoms with Crippen molar-refractivity contribution in [3.63, 3.8) is 0 Å². The first-order valence-electron chi connectivity index (χ1n) is 9.71. The predicted octanol–water partition coefficient (Wildman–Crippen LogP) is 3.63. The van der Waals surface area contributed by atoms with Crippen molar-refractivity contribution in [2.75, 3.05) is 18.4 Å². The molecule has 0 amide bonds. The van der Waals surface area contributed by atoms with Crippen LogP contribution in [0.1, 0.15) is 30.0 Å². The smallest absolute Gasteiger partial charge is 0.243 e. The highest BCUT2D eigenvalue weighted by Crippen LogP contribution is 2.30. The standard InChI is InChI=1S/C21H22FN5O2S/c1-15-13-17(8-9-18(15)22)30(28,29)27-12-3-5-16(14-27)19-6-2-7-20(25-19)26-21-23-10-4-11-24-21/h2,4,6-11,13,16H,3,5,12,14H2,1H3,(H,23,24,25,26). The van der Waals surface area contributed by atoms with E-state index in [4.69, 9.17) is 0 Å². The van der Waals surface area contributed by atoms with Crippen molar-refractivity contribution in [1.82, 2.24) is 19.3 Å².